The molecule has 2 fully saturated rings. The summed E-state index contributed by atoms with van der Waals surface area (Å²) in [6, 6.07) is 0. The minimum atomic E-state index is 0.984. The van der Waals surface area contributed by atoms with E-state index in [9.17, 15) is 0 Å². The van der Waals surface area contributed by atoms with Crippen molar-refractivity contribution in [1.82, 2.24) is 0 Å². The monoisotopic (exact) mass is 198 g/mol. The molecular formula is C12H24NO+. The molecule has 0 aromatic rings. The van der Waals surface area contributed by atoms with Gasteiger partial charge in [0.1, 0.15) is 13.1 Å². The molecular weight excluding hydrogens is 174 g/mol. The Balaban J connectivity index is 2.01. The zero-order valence-electron chi connectivity index (χ0n) is 9.67. The first-order valence-corrected chi connectivity index (χ1v) is 6.22. The molecule has 2 heterocycles. The number of rotatable bonds is 2. The summed E-state index contributed by atoms with van der Waals surface area (Å²) in [4.78, 5) is 0. The highest BCUT2D eigenvalue weighted by Gasteiger charge is 2.44. The minimum absolute atomic E-state index is 0.984. The van der Waals surface area contributed by atoms with Gasteiger partial charge in [0.15, 0.2) is 0 Å². The Morgan fingerprint density at radius 3 is 1.93 bits per heavy atom. The first-order valence-electron chi connectivity index (χ1n) is 6.22. The van der Waals surface area contributed by atoms with Gasteiger partial charge in [0.25, 0.3) is 0 Å². The van der Waals surface area contributed by atoms with Crippen LogP contribution < -0.4 is 0 Å². The van der Waals surface area contributed by atoms with Crippen molar-refractivity contribution in [2.45, 2.75) is 26.7 Å². The van der Waals surface area contributed by atoms with Crippen molar-refractivity contribution >= 4 is 0 Å². The van der Waals surface area contributed by atoms with Crippen LogP contribution in [0.2, 0.25) is 0 Å². The van der Waals surface area contributed by atoms with E-state index in [1.165, 1.54) is 43.5 Å². The molecule has 14 heavy (non-hydrogen) atoms. The number of hydrogen-bond donors (Lipinski definition) is 0. The van der Waals surface area contributed by atoms with Gasteiger partial charge < -0.3 is 9.22 Å². The standard InChI is InChI=1S/C12H24NO/c1-3-11-9-13(10-12(11)4-2)5-7-14-8-6-13/h11-12H,3-10H2,1-2H3/q+1. The molecule has 0 amide bonds. The van der Waals surface area contributed by atoms with E-state index in [1.54, 1.807) is 0 Å². The van der Waals surface area contributed by atoms with Gasteiger partial charge in [-0.2, -0.15) is 0 Å². The molecule has 0 aromatic heterocycles. The van der Waals surface area contributed by atoms with E-state index in [1.807, 2.05) is 0 Å². The molecule has 2 heteroatoms. The van der Waals surface area contributed by atoms with Crippen LogP contribution in [0.3, 0.4) is 0 Å². The first-order chi connectivity index (χ1) is 6.79. The minimum Gasteiger partial charge on any atom is -0.370 e. The average Bonchev–Trinajstić information content (AvgIpc) is 2.57. The Labute approximate surface area is 87.8 Å². The highest BCUT2D eigenvalue weighted by Crippen LogP contribution is 2.34. The van der Waals surface area contributed by atoms with E-state index >= 15 is 0 Å². The van der Waals surface area contributed by atoms with Gasteiger partial charge in [-0.3, -0.25) is 0 Å². The Hall–Kier alpha value is -0.0800. The second kappa shape index (κ2) is 4.19. The molecule has 1 spiro atoms. The topological polar surface area (TPSA) is 9.23 Å². The number of morpholine rings is 1. The molecule has 0 aliphatic carbocycles. The fourth-order valence-electron chi connectivity index (χ4n) is 3.39. The Morgan fingerprint density at radius 1 is 1.00 bits per heavy atom. The summed E-state index contributed by atoms with van der Waals surface area (Å²) in [7, 11) is 0. The maximum absolute atomic E-state index is 5.48. The van der Waals surface area contributed by atoms with Crippen molar-refractivity contribution < 1.29 is 9.22 Å². The number of hydrogen-bond acceptors (Lipinski definition) is 1. The Morgan fingerprint density at radius 2 is 1.50 bits per heavy atom. The number of ether oxygens (including phenoxy) is 1. The van der Waals surface area contributed by atoms with Gasteiger partial charge in [0.2, 0.25) is 0 Å². The van der Waals surface area contributed by atoms with Crippen molar-refractivity contribution in [2.24, 2.45) is 11.8 Å². The highest BCUT2D eigenvalue weighted by atomic mass is 16.5. The lowest BCUT2D eigenvalue weighted by atomic mass is 9.92. The van der Waals surface area contributed by atoms with Crippen LogP contribution in [0, 0.1) is 11.8 Å². The summed E-state index contributed by atoms with van der Waals surface area (Å²) in [6.07, 6.45) is 2.75. The van der Waals surface area contributed by atoms with Crippen LogP contribution in [-0.4, -0.2) is 43.9 Å². The Kier molecular flexibility index (Phi) is 3.13. The predicted molar refractivity (Wildman–Crippen MR) is 58.1 cm³/mol. The molecule has 2 saturated heterocycles. The lowest BCUT2D eigenvalue weighted by molar-refractivity contribution is -0.926. The van der Waals surface area contributed by atoms with Crippen LogP contribution >= 0.6 is 0 Å². The van der Waals surface area contributed by atoms with Crippen molar-refractivity contribution in [1.29, 1.82) is 0 Å². The SMILES string of the molecule is CCC1C[N+]2(CCOCC2)CC1CC. The van der Waals surface area contributed by atoms with Gasteiger partial charge in [-0.15, -0.1) is 0 Å². The largest absolute Gasteiger partial charge is 0.370 e. The van der Waals surface area contributed by atoms with Gasteiger partial charge in [0.05, 0.1) is 26.3 Å². The molecule has 0 saturated carbocycles. The van der Waals surface area contributed by atoms with Gasteiger partial charge >= 0.3 is 0 Å². The first kappa shape index (κ1) is 10.4. The van der Waals surface area contributed by atoms with Gasteiger partial charge in [-0.1, -0.05) is 13.8 Å². The summed E-state index contributed by atoms with van der Waals surface area (Å²) >= 11 is 0. The van der Waals surface area contributed by atoms with E-state index < -0.39 is 0 Å². The molecule has 0 N–H and O–H groups in total. The third-order valence-corrected chi connectivity index (χ3v) is 4.38. The maximum atomic E-state index is 5.48. The predicted octanol–water partition coefficient (Wildman–Crippen LogP) is 1.90. The van der Waals surface area contributed by atoms with E-state index in [2.05, 4.69) is 13.8 Å². The van der Waals surface area contributed by atoms with Crippen LogP contribution in [0.25, 0.3) is 0 Å². The lowest BCUT2D eigenvalue weighted by Gasteiger charge is -2.38. The molecule has 0 bridgehead atoms. The molecule has 0 radical (unpaired) electrons. The second-order valence-corrected chi connectivity index (χ2v) is 5.10. The lowest BCUT2D eigenvalue weighted by Crippen LogP contribution is -2.53. The maximum Gasteiger partial charge on any atom is 0.102 e. The fourth-order valence-corrected chi connectivity index (χ4v) is 3.39. The summed E-state index contributed by atoms with van der Waals surface area (Å²) in [6.45, 7) is 12.1. The van der Waals surface area contributed by atoms with E-state index in [0.717, 1.165) is 25.0 Å². The highest BCUT2D eigenvalue weighted by molar-refractivity contribution is 4.76. The third kappa shape index (κ3) is 1.82. The van der Waals surface area contributed by atoms with E-state index in [4.69, 9.17) is 4.74 Å². The van der Waals surface area contributed by atoms with E-state index in [0.29, 0.717) is 0 Å². The van der Waals surface area contributed by atoms with Crippen molar-refractivity contribution in [3.05, 3.63) is 0 Å². The normalized spacial score (nSPS) is 36.4. The van der Waals surface area contributed by atoms with Crippen LogP contribution in [0.5, 0.6) is 0 Å². The molecule has 2 unspecified atom stereocenters. The summed E-state index contributed by atoms with van der Waals surface area (Å²) in [5.74, 6) is 1.97. The van der Waals surface area contributed by atoms with Gasteiger partial charge in [-0.05, 0) is 12.8 Å². The number of nitrogens with zero attached hydrogens (tertiary/aromatic N) is 1. The zero-order valence-corrected chi connectivity index (χ0v) is 9.67. The van der Waals surface area contributed by atoms with E-state index in [-0.39, 0.29) is 0 Å². The van der Waals surface area contributed by atoms with Crippen molar-refractivity contribution in [2.75, 3.05) is 39.4 Å². The summed E-state index contributed by atoms with van der Waals surface area (Å²) < 4.78 is 6.85. The summed E-state index contributed by atoms with van der Waals surface area (Å²) in [5.41, 5.74) is 0. The van der Waals surface area contributed by atoms with Crippen LogP contribution in [0.15, 0.2) is 0 Å². The van der Waals surface area contributed by atoms with Crippen LogP contribution in [0.1, 0.15) is 26.7 Å². The van der Waals surface area contributed by atoms with Crippen LogP contribution in [0.4, 0.5) is 0 Å². The quantitative estimate of drug-likeness (QED) is 0.616. The molecule has 2 nitrogen and oxygen atoms in total. The van der Waals surface area contributed by atoms with Gasteiger partial charge in [-0.25, -0.2) is 0 Å². The average molecular weight is 198 g/mol. The molecule has 2 aliphatic heterocycles. The number of quaternary nitrogens is 1. The Bertz CT molecular complexity index is 173. The molecule has 0 aromatic carbocycles. The fraction of sp³-hybridized carbons (Fsp3) is 1.00. The van der Waals surface area contributed by atoms with Crippen molar-refractivity contribution in [3.63, 3.8) is 0 Å². The smallest absolute Gasteiger partial charge is 0.102 e. The zero-order chi connectivity index (χ0) is 10.0. The summed E-state index contributed by atoms with van der Waals surface area (Å²) in [5, 5.41) is 0. The molecule has 2 rings (SSSR count). The van der Waals surface area contributed by atoms with Gasteiger partial charge in [0, 0.05) is 11.8 Å². The van der Waals surface area contributed by atoms with Crippen LogP contribution in [-0.2, 0) is 4.74 Å². The molecule has 82 valence electrons. The molecule has 2 atom stereocenters. The van der Waals surface area contributed by atoms with Crippen molar-refractivity contribution in [3.8, 4) is 0 Å². The third-order valence-electron chi connectivity index (χ3n) is 4.38. The second-order valence-electron chi connectivity index (χ2n) is 5.10. The molecule has 2 aliphatic rings.